The van der Waals surface area contributed by atoms with Gasteiger partial charge in [0.25, 0.3) is 0 Å². The van der Waals surface area contributed by atoms with Gasteiger partial charge in [-0.15, -0.1) is 11.8 Å². The van der Waals surface area contributed by atoms with Crippen LogP contribution in [0.4, 0.5) is 5.69 Å². The number of anilines is 1. The predicted molar refractivity (Wildman–Crippen MR) is 74.5 cm³/mol. The van der Waals surface area contributed by atoms with Crippen LogP contribution in [0.2, 0.25) is 5.02 Å². The lowest BCUT2D eigenvalue weighted by Crippen LogP contribution is -2.34. The quantitative estimate of drug-likeness (QED) is 0.677. The third-order valence-electron chi connectivity index (χ3n) is 2.48. The molecule has 0 heterocycles. The molecule has 0 atom stereocenters. The molecule has 0 saturated carbocycles. The van der Waals surface area contributed by atoms with Gasteiger partial charge < -0.3 is 10.6 Å². The molecule has 0 saturated heterocycles. The van der Waals surface area contributed by atoms with Crippen LogP contribution in [-0.4, -0.2) is 29.6 Å². The summed E-state index contributed by atoms with van der Waals surface area (Å²) in [7, 11) is 1.80. The Morgan fingerprint density at radius 1 is 1.53 bits per heavy atom. The summed E-state index contributed by atoms with van der Waals surface area (Å²) in [5.41, 5.74) is 6.23. The fourth-order valence-electron chi connectivity index (χ4n) is 1.16. The third kappa shape index (κ3) is 4.13. The zero-order chi connectivity index (χ0) is 13.0. The van der Waals surface area contributed by atoms with Gasteiger partial charge in [0.15, 0.2) is 0 Å². The summed E-state index contributed by atoms with van der Waals surface area (Å²) in [6.45, 7) is 3.97. The van der Waals surface area contributed by atoms with Crippen LogP contribution in [0.1, 0.15) is 13.8 Å². The van der Waals surface area contributed by atoms with E-state index in [0.29, 0.717) is 16.5 Å². The lowest BCUT2D eigenvalue weighted by molar-refractivity contribution is -0.128. The molecular formula is C12H17ClN2OS. The Bertz CT molecular complexity index is 409. The number of hydrogen-bond donors (Lipinski definition) is 1. The standard InChI is InChI=1S/C12H17ClN2OS/c1-8(2)15(3)12(16)7-17-11-5-4-9(14)6-10(11)13/h4-6,8H,7,14H2,1-3H3. The molecule has 1 amide bonds. The Balaban J connectivity index is 2.59. The van der Waals surface area contributed by atoms with Crippen molar-refractivity contribution >= 4 is 35.0 Å². The van der Waals surface area contributed by atoms with Gasteiger partial charge in [-0.3, -0.25) is 4.79 Å². The fourth-order valence-corrected chi connectivity index (χ4v) is 2.36. The number of thioether (sulfide) groups is 1. The lowest BCUT2D eigenvalue weighted by atomic mass is 10.3. The number of nitrogen functional groups attached to an aromatic ring is 1. The molecule has 0 aliphatic rings. The second-order valence-electron chi connectivity index (χ2n) is 4.08. The van der Waals surface area contributed by atoms with Crippen LogP contribution in [0.15, 0.2) is 23.1 Å². The van der Waals surface area contributed by atoms with Gasteiger partial charge >= 0.3 is 0 Å². The molecule has 0 aliphatic carbocycles. The third-order valence-corrected chi connectivity index (χ3v) is 3.96. The van der Waals surface area contributed by atoms with E-state index in [1.54, 1.807) is 24.1 Å². The Hall–Kier alpha value is -0.870. The van der Waals surface area contributed by atoms with E-state index in [0.717, 1.165) is 4.90 Å². The van der Waals surface area contributed by atoms with Crippen LogP contribution < -0.4 is 5.73 Å². The fraction of sp³-hybridized carbons (Fsp3) is 0.417. The average Bonchev–Trinajstić information content (AvgIpc) is 2.26. The minimum atomic E-state index is 0.0953. The van der Waals surface area contributed by atoms with Crippen molar-refractivity contribution in [2.75, 3.05) is 18.5 Å². The van der Waals surface area contributed by atoms with Gasteiger partial charge in [0.05, 0.1) is 10.8 Å². The topological polar surface area (TPSA) is 46.3 Å². The van der Waals surface area contributed by atoms with Crippen LogP contribution in [-0.2, 0) is 4.79 Å². The van der Waals surface area contributed by atoms with Crippen molar-refractivity contribution in [1.82, 2.24) is 4.90 Å². The number of halogens is 1. The minimum absolute atomic E-state index is 0.0953. The monoisotopic (exact) mass is 272 g/mol. The summed E-state index contributed by atoms with van der Waals surface area (Å²) in [5, 5.41) is 0.593. The van der Waals surface area contributed by atoms with Gasteiger partial charge in [-0.2, -0.15) is 0 Å². The second kappa shape index (κ2) is 6.17. The van der Waals surface area contributed by atoms with Gasteiger partial charge in [0.1, 0.15) is 0 Å². The molecule has 0 fully saturated rings. The van der Waals surface area contributed by atoms with E-state index in [2.05, 4.69) is 0 Å². The predicted octanol–water partition coefficient (Wildman–Crippen LogP) is 2.88. The molecule has 0 radical (unpaired) electrons. The van der Waals surface area contributed by atoms with Gasteiger partial charge in [-0.1, -0.05) is 11.6 Å². The summed E-state index contributed by atoms with van der Waals surface area (Å²) in [6.07, 6.45) is 0. The van der Waals surface area contributed by atoms with Crippen molar-refractivity contribution in [2.24, 2.45) is 0 Å². The van der Waals surface area contributed by atoms with E-state index in [1.165, 1.54) is 11.8 Å². The molecule has 0 bridgehead atoms. The van der Waals surface area contributed by atoms with Gasteiger partial charge in [-0.25, -0.2) is 0 Å². The van der Waals surface area contributed by atoms with Crippen LogP contribution in [0.25, 0.3) is 0 Å². The van der Waals surface area contributed by atoms with Crippen molar-refractivity contribution < 1.29 is 4.79 Å². The van der Waals surface area contributed by atoms with Gasteiger partial charge in [0, 0.05) is 23.7 Å². The van der Waals surface area contributed by atoms with Crippen LogP contribution >= 0.6 is 23.4 Å². The first-order chi connectivity index (χ1) is 7.91. The maximum absolute atomic E-state index is 11.8. The molecule has 17 heavy (non-hydrogen) atoms. The largest absolute Gasteiger partial charge is 0.399 e. The first kappa shape index (κ1) is 14.2. The Morgan fingerprint density at radius 2 is 2.18 bits per heavy atom. The van der Waals surface area contributed by atoms with E-state index >= 15 is 0 Å². The van der Waals surface area contributed by atoms with E-state index in [4.69, 9.17) is 17.3 Å². The second-order valence-corrected chi connectivity index (χ2v) is 5.50. The molecule has 1 aromatic rings. The maximum Gasteiger partial charge on any atom is 0.232 e. The Morgan fingerprint density at radius 3 is 2.71 bits per heavy atom. The van der Waals surface area contributed by atoms with Crippen LogP contribution in [0.3, 0.4) is 0 Å². The van der Waals surface area contributed by atoms with Gasteiger partial charge in [0.2, 0.25) is 5.91 Å². The molecule has 1 aromatic carbocycles. The zero-order valence-electron chi connectivity index (χ0n) is 10.2. The minimum Gasteiger partial charge on any atom is -0.399 e. The SMILES string of the molecule is CC(C)N(C)C(=O)CSc1ccc(N)cc1Cl. The molecule has 94 valence electrons. The smallest absolute Gasteiger partial charge is 0.232 e. The van der Waals surface area contributed by atoms with E-state index < -0.39 is 0 Å². The highest BCUT2D eigenvalue weighted by Crippen LogP contribution is 2.28. The molecule has 2 N–H and O–H groups in total. The number of carbonyl (C=O) groups is 1. The summed E-state index contributed by atoms with van der Waals surface area (Å²) in [5.74, 6) is 0.482. The molecule has 0 aliphatic heterocycles. The highest BCUT2D eigenvalue weighted by atomic mass is 35.5. The Kier molecular flexibility index (Phi) is 5.15. The van der Waals surface area contributed by atoms with E-state index in [-0.39, 0.29) is 11.9 Å². The summed E-state index contributed by atoms with van der Waals surface area (Å²) < 4.78 is 0. The number of hydrogen-bond acceptors (Lipinski definition) is 3. The summed E-state index contributed by atoms with van der Waals surface area (Å²) in [6, 6.07) is 5.53. The highest BCUT2D eigenvalue weighted by Gasteiger charge is 2.12. The first-order valence-corrected chi connectivity index (χ1v) is 6.71. The number of amides is 1. The van der Waals surface area contributed by atoms with Crippen molar-refractivity contribution in [3.8, 4) is 0 Å². The van der Waals surface area contributed by atoms with E-state index in [1.807, 2.05) is 19.9 Å². The maximum atomic E-state index is 11.8. The number of nitrogens with zero attached hydrogens (tertiary/aromatic N) is 1. The van der Waals surface area contributed by atoms with Crippen LogP contribution in [0.5, 0.6) is 0 Å². The summed E-state index contributed by atoms with van der Waals surface area (Å²) in [4.78, 5) is 14.4. The number of nitrogens with two attached hydrogens (primary N) is 1. The van der Waals surface area contributed by atoms with Gasteiger partial charge in [-0.05, 0) is 32.0 Å². The van der Waals surface area contributed by atoms with Crippen molar-refractivity contribution in [3.63, 3.8) is 0 Å². The molecule has 5 heteroatoms. The number of rotatable bonds is 4. The zero-order valence-corrected chi connectivity index (χ0v) is 11.8. The first-order valence-electron chi connectivity index (χ1n) is 5.35. The molecule has 0 spiro atoms. The normalized spacial score (nSPS) is 10.6. The highest BCUT2D eigenvalue weighted by molar-refractivity contribution is 8.00. The van der Waals surface area contributed by atoms with Crippen molar-refractivity contribution in [3.05, 3.63) is 23.2 Å². The molecule has 3 nitrogen and oxygen atoms in total. The number of carbonyl (C=O) groups excluding carboxylic acids is 1. The number of benzene rings is 1. The molecule has 1 rings (SSSR count). The van der Waals surface area contributed by atoms with Crippen molar-refractivity contribution in [1.29, 1.82) is 0 Å². The molecule has 0 aromatic heterocycles. The van der Waals surface area contributed by atoms with E-state index in [9.17, 15) is 4.79 Å². The molecule has 0 unspecified atom stereocenters. The Labute approximate surface area is 111 Å². The summed E-state index contributed by atoms with van der Waals surface area (Å²) >= 11 is 7.46. The average molecular weight is 273 g/mol. The molecular weight excluding hydrogens is 256 g/mol. The van der Waals surface area contributed by atoms with Crippen molar-refractivity contribution in [2.45, 2.75) is 24.8 Å². The van der Waals surface area contributed by atoms with Crippen LogP contribution in [0, 0.1) is 0 Å². The lowest BCUT2D eigenvalue weighted by Gasteiger charge is -2.21.